The molecule has 0 radical (unpaired) electrons. The van der Waals surface area contributed by atoms with Gasteiger partial charge in [0.1, 0.15) is 5.75 Å². The summed E-state index contributed by atoms with van der Waals surface area (Å²) in [6.07, 6.45) is 3.93. The molecule has 1 N–H and O–H groups in total. The Balaban J connectivity index is 1.66. The summed E-state index contributed by atoms with van der Waals surface area (Å²) in [4.78, 5) is 28.1. The van der Waals surface area contributed by atoms with Gasteiger partial charge in [-0.1, -0.05) is 30.3 Å². The van der Waals surface area contributed by atoms with Gasteiger partial charge in [0, 0.05) is 38.1 Å². The van der Waals surface area contributed by atoms with Crippen LogP contribution in [-0.2, 0) is 11.3 Å². The highest BCUT2D eigenvalue weighted by Gasteiger charge is 2.42. The molecule has 0 unspecified atom stereocenters. The third-order valence-corrected chi connectivity index (χ3v) is 5.65. The van der Waals surface area contributed by atoms with E-state index in [9.17, 15) is 9.59 Å². The normalized spacial score (nSPS) is 18.1. The van der Waals surface area contributed by atoms with Crippen molar-refractivity contribution in [1.29, 1.82) is 0 Å². The molecule has 154 valence electrons. The number of nitrogens with zero attached hydrogens (tertiary/aromatic N) is 2. The number of hydrogen-bond acceptors (Lipinski definition) is 3. The zero-order valence-electron chi connectivity index (χ0n) is 17.1. The lowest BCUT2D eigenvalue weighted by Gasteiger charge is -2.39. The van der Waals surface area contributed by atoms with Gasteiger partial charge in [0.2, 0.25) is 5.91 Å². The Labute approximate surface area is 176 Å². The zero-order valence-corrected chi connectivity index (χ0v) is 17.1. The van der Waals surface area contributed by atoms with E-state index in [1.54, 1.807) is 25.1 Å². The number of hydrogen-bond donors (Lipinski definition) is 1. The predicted octanol–water partition coefficient (Wildman–Crippen LogP) is 3.22. The van der Waals surface area contributed by atoms with Gasteiger partial charge in [-0.15, -0.1) is 0 Å². The first-order chi connectivity index (χ1) is 14.6. The molecule has 2 heterocycles. The molecule has 0 aliphatic carbocycles. The number of fused-ring (bicyclic) bond motifs is 1. The average molecular weight is 403 g/mol. The summed E-state index contributed by atoms with van der Waals surface area (Å²) >= 11 is 0. The molecule has 4 rings (SSSR count). The number of ether oxygens (including phenoxy) is 1. The van der Waals surface area contributed by atoms with Crippen molar-refractivity contribution in [1.82, 2.24) is 14.8 Å². The Morgan fingerprint density at radius 3 is 2.43 bits per heavy atom. The van der Waals surface area contributed by atoms with Gasteiger partial charge in [0.25, 0.3) is 5.91 Å². The van der Waals surface area contributed by atoms with E-state index in [0.29, 0.717) is 18.7 Å². The van der Waals surface area contributed by atoms with Crippen LogP contribution in [0.25, 0.3) is 0 Å². The first kappa shape index (κ1) is 19.8. The molecule has 0 fully saturated rings. The van der Waals surface area contributed by atoms with Crippen LogP contribution in [0.1, 0.15) is 33.4 Å². The molecule has 3 aromatic rings. The first-order valence-corrected chi connectivity index (χ1v) is 9.98. The van der Waals surface area contributed by atoms with Crippen LogP contribution < -0.4 is 10.1 Å². The number of carbonyl (C=O) groups is 2. The van der Waals surface area contributed by atoms with Gasteiger partial charge in [0.05, 0.1) is 19.1 Å². The fourth-order valence-electron chi connectivity index (χ4n) is 4.11. The van der Waals surface area contributed by atoms with Crippen LogP contribution in [0.15, 0.2) is 73.1 Å². The Hall–Kier alpha value is -3.54. The topological polar surface area (TPSA) is 63.6 Å². The largest absolute Gasteiger partial charge is 0.497 e. The zero-order chi connectivity index (χ0) is 21.1. The Kier molecular flexibility index (Phi) is 5.57. The van der Waals surface area contributed by atoms with Gasteiger partial charge >= 0.3 is 0 Å². The quantitative estimate of drug-likeness (QED) is 0.687. The van der Waals surface area contributed by atoms with E-state index < -0.39 is 12.0 Å². The van der Waals surface area contributed by atoms with Crippen LogP contribution in [0.2, 0.25) is 0 Å². The predicted molar refractivity (Wildman–Crippen MR) is 114 cm³/mol. The number of nitrogens with one attached hydrogen (secondary N) is 1. The van der Waals surface area contributed by atoms with E-state index >= 15 is 0 Å². The average Bonchev–Trinajstić information content (AvgIpc) is 3.29. The van der Waals surface area contributed by atoms with Crippen molar-refractivity contribution in [3.05, 3.63) is 89.7 Å². The van der Waals surface area contributed by atoms with Crippen LogP contribution in [0, 0.1) is 0 Å². The minimum Gasteiger partial charge on any atom is -0.497 e. The van der Waals surface area contributed by atoms with Crippen LogP contribution in [-0.4, -0.2) is 42.0 Å². The van der Waals surface area contributed by atoms with Crippen molar-refractivity contribution in [3.8, 4) is 5.75 Å². The summed E-state index contributed by atoms with van der Waals surface area (Å²) in [6.45, 7) is 1.20. The lowest BCUT2D eigenvalue weighted by molar-refractivity contribution is -0.124. The number of benzene rings is 2. The van der Waals surface area contributed by atoms with E-state index in [1.165, 1.54) is 0 Å². The number of likely N-dealkylation sites (N-methyl/N-ethyl adjacent to an activating group) is 1. The van der Waals surface area contributed by atoms with Crippen LogP contribution in [0.5, 0.6) is 5.75 Å². The smallest absolute Gasteiger partial charge is 0.254 e. The summed E-state index contributed by atoms with van der Waals surface area (Å²) in [5.41, 5.74) is 2.24. The summed E-state index contributed by atoms with van der Waals surface area (Å²) in [5.74, 6) is 0.0659. The van der Waals surface area contributed by atoms with Crippen molar-refractivity contribution in [2.75, 3.05) is 20.7 Å². The maximum atomic E-state index is 13.4. The van der Waals surface area contributed by atoms with Gasteiger partial charge in [-0.05, 0) is 41.5 Å². The maximum absolute atomic E-state index is 13.4. The van der Waals surface area contributed by atoms with E-state index in [1.807, 2.05) is 71.6 Å². The molecule has 1 aromatic heterocycles. The molecule has 6 heteroatoms. The van der Waals surface area contributed by atoms with Crippen molar-refractivity contribution < 1.29 is 14.3 Å². The van der Waals surface area contributed by atoms with E-state index in [2.05, 4.69) is 5.32 Å². The minimum atomic E-state index is -0.498. The summed E-state index contributed by atoms with van der Waals surface area (Å²) in [5, 5.41) is 3.07. The standard InChI is InChI=1S/C24H25N3O3/c1-26-22(17-9-11-18(30-2)12-10-17)21(19-7-3-4-8-20(19)24(26)29)23(28)25-13-16-27-14-5-6-15-27/h3-12,14-15,21-22H,13,16H2,1-2H3,(H,25,28)/t21-,22-/m0/s1. The molecule has 2 aromatic carbocycles. The number of carbonyl (C=O) groups excluding carboxylic acids is 2. The van der Waals surface area contributed by atoms with Crippen molar-refractivity contribution in [2.24, 2.45) is 0 Å². The molecule has 0 spiro atoms. The molecular formula is C24H25N3O3. The second-order valence-corrected chi connectivity index (χ2v) is 7.41. The van der Waals surface area contributed by atoms with Crippen LogP contribution in [0.4, 0.5) is 0 Å². The summed E-state index contributed by atoms with van der Waals surface area (Å²) < 4.78 is 7.28. The van der Waals surface area contributed by atoms with Gasteiger partial charge in [-0.3, -0.25) is 9.59 Å². The van der Waals surface area contributed by atoms with E-state index in [0.717, 1.165) is 16.9 Å². The van der Waals surface area contributed by atoms with Gasteiger partial charge in [-0.2, -0.15) is 0 Å². The molecule has 0 saturated carbocycles. The summed E-state index contributed by atoms with van der Waals surface area (Å²) in [7, 11) is 3.37. The molecular weight excluding hydrogens is 378 g/mol. The van der Waals surface area contributed by atoms with Crippen LogP contribution >= 0.6 is 0 Å². The monoisotopic (exact) mass is 403 g/mol. The first-order valence-electron chi connectivity index (χ1n) is 9.98. The SMILES string of the molecule is COc1ccc([C@H]2[C@@H](C(=O)NCCn3cccc3)c3ccccc3C(=O)N2C)cc1. The lowest BCUT2D eigenvalue weighted by Crippen LogP contribution is -2.46. The van der Waals surface area contributed by atoms with Crippen molar-refractivity contribution >= 4 is 11.8 Å². The minimum absolute atomic E-state index is 0.0807. The Bertz CT molecular complexity index is 1030. The molecule has 2 amide bonds. The second kappa shape index (κ2) is 8.45. The number of aromatic nitrogens is 1. The third kappa shape index (κ3) is 3.68. The van der Waals surface area contributed by atoms with E-state index in [4.69, 9.17) is 4.74 Å². The second-order valence-electron chi connectivity index (χ2n) is 7.41. The fraction of sp³-hybridized carbons (Fsp3) is 0.250. The Morgan fingerprint density at radius 2 is 1.73 bits per heavy atom. The molecule has 2 atom stereocenters. The van der Waals surface area contributed by atoms with Gasteiger partial charge in [0.15, 0.2) is 0 Å². The fourth-order valence-corrected chi connectivity index (χ4v) is 4.11. The highest BCUT2D eigenvalue weighted by molar-refractivity contribution is 6.01. The van der Waals surface area contributed by atoms with Crippen molar-refractivity contribution in [3.63, 3.8) is 0 Å². The van der Waals surface area contributed by atoms with Crippen molar-refractivity contribution in [2.45, 2.75) is 18.5 Å². The lowest BCUT2D eigenvalue weighted by atomic mass is 9.79. The molecule has 1 aliphatic rings. The maximum Gasteiger partial charge on any atom is 0.254 e. The summed E-state index contributed by atoms with van der Waals surface area (Å²) in [6, 6.07) is 18.4. The molecule has 30 heavy (non-hydrogen) atoms. The number of amides is 2. The number of rotatable bonds is 6. The molecule has 6 nitrogen and oxygen atoms in total. The number of methoxy groups -OCH3 is 1. The highest BCUT2D eigenvalue weighted by Crippen LogP contribution is 2.42. The third-order valence-electron chi connectivity index (χ3n) is 5.65. The Morgan fingerprint density at radius 1 is 1.03 bits per heavy atom. The molecule has 0 saturated heterocycles. The molecule has 0 bridgehead atoms. The van der Waals surface area contributed by atoms with E-state index in [-0.39, 0.29) is 11.8 Å². The highest BCUT2D eigenvalue weighted by atomic mass is 16.5. The van der Waals surface area contributed by atoms with Gasteiger partial charge in [-0.25, -0.2) is 0 Å². The molecule has 1 aliphatic heterocycles. The van der Waals surface area contributed by atoms with Gasteiger partial charge < -0.3 is 19.5 Å². The van der Waals surface area contributed by atoms with Crippen LogP contribution in [0.3, 0.4) is 0 Å².